The summed E-state index contributed by atoms with van der Waals surface area (Å²) in [6.07, 6.45) is -0.367. The molecule has 0 spiro atoms. The molecule has 0 saturated carbocycles. The van der Waals surface area contributed by atoms with E-state index in [4.69, 9.17) is 21.1 Å². The maximum atomic E-state index is 13.0. The van der Waals surface area contributed by atoms with Crippen LogP contribution < -0.4 is 15.6 Å². The first-order chi connectivity index (χ1) is 15.7. The Labute approximate surface area is 200 Å². The zero-order valence-corrected chi connectivity index (χ0v) is 20.6. The predicted octanol–water partition coefficient (Wildman–Crippen LogP) is 3.51. The molecule has 2 N–H and O–H groups in total. The second-order valence-corrected chi connectivity index (χ2v) is 11.0. The van der Waals surface area contributed by atoms with Crippen LogP contribution in [0.4, 0.5) is 5.13 Å². The average Bonchev–Trinajstić information content (AvgIpc) is 3.22. The van der Waals surface area contributed by atoms with E-state index in [9.17, 15) is 13.2 Å². The zero-order chi connectivity index (χ0) is 23.8. The summed E-state index contributed by atoms with van der Waals surface area (Å²) in [7, 11) is -2.14. The van der Waals surface area contributed by atoms with Gasteiger partial charge in [-0.1, -0.05) is 22.9 Å². The Kier molecular flexibility index (Phi) is 6.78. The van der Waals surface area contributed by atoms with Crippen LogP contribution in [0.25, 0.3) is 10.2 Å². The van der Waals surface area contributed by atoms with Crippen LogP contribution in [-0.4, -0.2) is 56.0 Å². The van der Waals surface area contributed by atoms with E-state index < -0.39 is 15.9 Å². The monoisotopic (exact) mass is 510 g/mol. The predicted molar refractivity (Wildman–Crippen MR) is 127 cm³/mol. The lowest BCUT2D eigenvalue weighted by Crippen LogP contribution is -2.48. The van der Waals surface area contributed by atoms with E-state index in [0.29, 0.717) is 27.0 Å². The van der Waals surface area contributed by atoms with Crippen molar-refractivity contribution in [3.63, 3.8) is 0 Å². The number of aromatic nitrogens is 1. The van der Waals surface area contributed by atoms with Gasteiger partial charge in [0.25, 0.3) is 5.91 Å². The molecule has 1 fully saturated rings. The number of benzene rings is 2. The van der Waals surface area contributed by atoms with E-state index in [1.54, 1.807) is 19.2 Å². The molecule has 33 heavy (non-hydrogen) atoms. The molecule has 3 aromatic rings. The van der Waals surface area contributed by atoms with Crippen LogP contribution in [-0.2, 0) is 14.8 Å². The molecule has 12 heteroatoms. The molecule has 1 amide bonds. The quantitative estimate of drug-likeness (QED) is 0.488. The molecule has 1 aliphatic rings. The molecule has 1 aliphatic heterocycles. The number of thiazole rings is 1. The Bertz CT molecular complexity index is 1270. The van der Waals surface area contributed by atoms with E-state index >= 15 is 0 Å². The van der Waals surface area contributed by atoms with Gasteiger partial charge in [0.2, 0.25) is 15.2 Å². The zero-order valence-electron chi connectivity index (χ0n) is 18.2. The Morgan fingerprint density at radius 2 is 1.85 bits per heavy atom. The average molecular weight is 511 g/mol. The van der Waals surface area contributed by atoms with Gasteiger partial charge in [-0.3, -0.25) is 15.6 Å². The van der Waals surface area contributed by atoms with Gasteiger partial charge in [0, 0.05) is 18.7 Å². The number of ether oxygens (including phenoxy) is 2. The van der Waals surface area contributed by atoms with Crippen molar-refractivity contribution in [2.45, 2.75) is 31.0 Å². The molecule has 176 valence electrons. The number of carbonyl (C=O) groups is 1. The van der Waals surface area contributed by atoms with E-state index in [1.165, 1.54) is 39.9 Å². The minimum Gasteiger partial charge on any atom is -0.494 e. The number of nitrogens with one attached hydrogen (secondary N) is 2. The third kappa shape index (κ3) is 4.92. The summed E-state index contributed by atoms with van der Waals surface area (Å²) in [4.78, 5) is 17.1. The molecule has 1 aromatic heterocycles. The minimum atomic E-state index is -3.68. The van der Waals surface area contributed by atoms with Crippen LogP contribution in [0.2, 0.25) is 5.02 Å². The van der Waals surface area contributed by atoms with Crippen molar-refractivity contribution in [1.82, 2.24) is 14.7 Å². The summed E-state index contributed by atoms with van der Waals surface area (Å²) in [5, 5.41) is 0.961. The van der Waals surface area contributed by atoms with E-state index in [-0.39, 0.29) is 30.2 Å². The molecular weight excluding hydrogens is 488 g/mol. The third-order valence-electron chi connectivity index (χ3n) is 5.10. The second-order valence-electron chi connectivity index (χ2n) is 7.63. The highest BCUT2D eigenvalue weighted by Gasteiger charge is 2.32. The molecule has 0 radical (unpaired) electrons. The molecule has 2 heterocycles. The molecule has 1 saturated heterocycles. The van der Waals surface area contributed by atoms with Crippen LogP contribution in [0.3, 0.4) is 0 Å². The van der Waals surface area contributed by atoms with E-state index in [0.717, 1.165) is 4.70 Å². The number of methoxy groups -OCH3 is 1. The highest BCUT2D eigenvalue weighted by Crippen LogP contribution is 2.37. The first-order valence-corrected chi connectivity index (χ1v) is 12.8. The van der Waals surface area contributed by atoms with Crippen molar-refractivity contribution in [1.29, 1.82) is 0 Å². The van der Waals surface area contributed by atoms with Crippen molar-refractivity contribution >= 4 is 54.2 Å². The maximum Gasteiger partial charge on any atom is 0.269 e. The Morgan fingerprint density at radius 3 is 2.48 bits per heavy atom. The van der Waals surface area contributed by atoms with Crippen LogP contribution in [0.5, 0.6) is 5.75 Å². The summed E-state index contributed by atoms with van der Waals surface area (Å²) >= 11 is 7.49. The number of hydrogen-bond donors (Lipinski definition) is 2. The molecule has 0 aliphatic carbocycles. The van der Waals surface area contributed by atoms with Gasteiger partial charge in [-0.25, -0.2) is 13.4 Å². The number of amides is 1. The van der Waals surface area contributed by atoms with Crippen LogP contribution in [0.1, 0.15) is 24.2 Å². The van der Waals surface area contributed by atoms with Gasteiger partial charge in [-0.05, 0) is 50.2 Å². The summed E-state index contributed by atoms with van der Waals surface area (Å²) in [6.45, 7) is 4.26. The van der Waals surface area contributed by atoms with Gasteiger partial charge in [0.05, 0.1) is 33.9 Å². The lowest BCUT2D eigenvalue weighted by atomic mass is 10.2. The number of halogens is 1. The van der Waals surface area contributed by atoms with Crippen molar-refractivity contribution in [3.05, 3.63) is 47.0 Å². The number of hydrogen-bond acceptors (Lipinski definition) is 8. The molecule has 4 rings (SSSR count). The van der Waals surface area contributed by atoms with Crippen molar-refractivity contribution < 1.29 is 22.7 Å². The maximum absolute atomic E-state index is 13.0. The first-order valence-electron chi connectivity index (χ1n) is 10.1. The molecular formula is C21H23ClN4O5S2. The number of nitrogens with zero attached hydrogens (tertiary/aromatic N) is 2. The lowest BCUT2D eigenvalue weighted by molar-refractivity contribution is -0.0440. The number of sulfonamides is 1. The number of morpholine rings is 1. The lowest BCUT2D eigenvalue weighted by Gasteiger charge is -2.34. The number of rotatable bonds is 6. The summed E-state index contributed by atoms with van der Waals surface area (Å²) < 4.78 is 39.0. The van der Waals surface area contributed by atoms with E-state index in [2.05, 4.69) is 15.8 Å². The molecule has 0 bridgehead atoms. The fourth-order valence-corrected chi connectivity index (χ4v) is 6.31. The van der Waals surface area contributed by atoms with Crippen LogP contribution in [0, 0.1) is 0 Å². The molecule has 2 atom stereocenters. The number of hydrazine groups is 1. The van der Waals surface area contributed by atoms with Crippen LogP contribution in [0.15, 0.2) is 41.3 Å². The normalized spacial score (nSPS) is 19.4. The molecule has 2 aromatic carbocycles. The Hall–Kier alpha value is -2.44. The third-order valence-corrected chi connectivity index (χ3v) is 8.38. The second kappa shape index (κ2) is 9.43. The minimum absolute atomic E-state index is 0.126. The highest BCUT2D eigenvalue weighted by molar-refractivity contribution is 7.89. The SMILES string of the molecule is COc1ccc(Cl)c2sc(NNC(=O)c3ccc(S(=O)(=O)N4C[C@H](C)O[C@@H](C)C4)cc3)nc12. The van der Waals surface area contributed by atoms with Gasteiger partial charge in [-0.2, -0.15) is 4.31 Å². The summed E-state index contributed by atoms with van der Waals surface area (Å²) in [5.74, 6) is 0.135. The van der Waals surface area contributed by atoms with E-state index in [1.807, 2.05) is 13.8 Å². The number of anilines is 1. The van der Waals surface area contributed by atoms with Crippen molar-refractivity contribution in [2.75, 3.05) is 25.6 Å². The first kappa shape index (κ1) is 23.7. The Balaban J connectivity index is 1.45. The topological polar surface area (TPSA) is 110 Å². The summed E-state index contributed by atoms with van der Waals surface area (Å²) in [6, 6.07) is 9.23. The summed E-state index contributed by atoms with van der Waals surface area (Å²) in [5.41, 5.74) is 6.22. The van der Waals surface area contributed by atoms with Gasteiger partial charge < -0.3 is 9.47 Å². The standard InChI is InChI=1S/C21H23ClN4O5S2/c1-12-10-26(11-13(2)31-12)33(28,29)15-6-4-14(5-7-15)20(27)24-25-21-23-18-17(30-3)9-8-16(22)19(18)32-21/h4-9,12-13H,10-11H2,1-3H3,(H,23,25)(H,24,27)/t12-,13-/m0/s1. The van der Waals surface area contributed by atoms with Gasteiger partial charge >= 0.3 is 0 Å². The fraction of sp³-hybridized carbons (Fsp3) is 0.333. The fourth-order valence-electron chi connectivity index (χ4n) is 3.61. The van der Waals surface area contributed by atoms with Crippen molar-refractivity contribution in [3.8, 4) is 5.75 Å². The van der Waals surface area contributed by atoms with Gasteiger partial charge in [0.1, 0.15) is 11.3 Å². The smallest absolute Gasteiger partial charge is 0.269 e. The largest absolute Gasteiger partial charge is 0.494 e. The molecule has 9 nitrogen and oxygen atoms in total. The van der Waals surface area contributed by atoms with Crippen LogP contribution >= 0.6 is 22.9 Å². The van der Waals surface area contributed by atoms with Gasteiger partial charge in [0.15, 0.2) is 0 Å². The number of fused-ring (bicyclic) bond motifs is 1. The number of carbonyl (C=O) groups excluding carboxylic acids is 1. The molecule has 0 unspecified atom stereocenters. The van der Waals surface area contributed by atoms with Crippen molar-refractivity contribution in [2.24, 2.45) is 0 Å². The van der Waals surface area contributed by atoms with Gasteiger partial charge in [-0.15, -0.1) is 0 Å². The highest BCUT2D eigenvalue weighted by atomic mass is 35.5. The Morgan fingerprint density at radius 1 is 1.18 bits per heavy atom.